The van der Waals surface area contributed by atoms with Crippen molar-refractivity contribution in [3.63, 3.8) is 0 Å². The molecule has 0 spiro atoms. The van der Waals surface area contributed by atoms with Gasteiger partial charge in [0.15, 0.2) is 0 Å². The molecule has 0 saturated carbocycles. The summed E-state index contributed by atoms with van der Waals surface area (Å²) in [6.45, 7) is 5.70. The maximum Gasteiger partial charge on any atom is 0.234 e. The molecule has 0 radical (unpaired) electrons. The molecule has 0 atom stereocenters. The molecule has 104 valence electrons. The van der Waals surface area contributed by atoms with Crippen molar-refractivity contribution in [1.82, 2.24) is 4.98 Å². The SMILES string of the molecule is Cc1nc(Br)ccc1NC(=O)C(C)(C)c1ccccc1. The number of aromatic nitrogens is 1. The van der Waals surface area contributed by atoms with Crippen LogP contribution in [-0.4, -0.2) is 10.9 Å². The van der Waals surface area contributed by atoms with Gasteiger partial charge < -0.3 is 5.32 Å². The van der Waals surface area contributed by atoms with E-state index in [1.165, 1.54) is 0 Å². The van der Waals surface area contributed by atoms with E-state index in [9.17, 15) is 4.79 Å². The Morgan fingerprint density at radius 3 is 2.40 bits per heavy atom. The first kappa shape index (κ1) is 14.7. The number of anilines is 1. The van der Waals surface area contributed by atoms with Crippen LogP contribution in [-0.2, 0) is 10.2 Å². The largest absolute Gasteiger partial charge is 0.324 e. The van der Waals surface area contributed by atoms with Crippen LogP contribution in [0.2, 0.25) is 0 Å². The van der Waals surface area contributed by atoms with E-state index in [4.69, 9.17) is 0 Å². The van der Waals surface area contributed by atoms with Crippen LogP contribution < -0.4 is 5.32 Å². The second kappa shape index (κ2) is 5.75. The molecule has 0 aliphatic heterocycles. The first-order chi connectivity index (χ1) is 9.41. The Hall–Kier alpha value is -1.68. The number of halogens is 1. The van der Waals surface area contributed by atoms with Crippen LogP contribution >= 0.6 is 15.9 Å². The zero-order chi connectivity index (χ0) is 14.8. The molecule has 1 amide bonds. The Morgan fingerprint density at radius 1 is 1.15 bits per heavy atom. The second-order valence-electron chi connectivity index (χ2n) is 5.21. The number of nitrogens with zero attached hydrogens (tertiary/aromatic N) is 1. The number of carbonyl (C=O) groups excluding carboxylic acids is 1. The molecule has 20 heavy (non-hydrogen) atoms. The van der Waals surface area contributed by atoms with Gasteiger partial charge in [-0.15, -0.1) is 0 Å². The van der Waals surface area contributed by atoms with Crippen LogP contribution in [0.1, 0.15) is 25.1 Å². The van der Waals surface area contributed by atoms with Crippen molar-refractivity contribution in [2.24, 2.45) is 0 Å². The van der Waals surface area contributed by atoms with Gasteiger partial charge in [0, 0.05) is 0 Å². The molecule has 0 saturated heterocycles. The number of nitrogens with one attached hydrogen (secondary N) is 1. The second-order valence-corrected chi connectivity index (χ2v) is 6.02. The number of carbonyl (C=O) groups is 1. The van der Waals surface area contributed by atoms with Gasteiger partial charge in [-0.1, -0.05) is 30.3 Å². The molecular formula is C16H17BrN2O. The van der Waals surface area contributed by atoms with E-state index in [1.807, 2.05) is 63.2 Å². The van der Waals surface area contributed by atoms with Crippen molar-refractivity contribution in [3.8, 4) is 0 Å². The molecular weight excluding hydrogens is 316 g/mol. The number of benzene rings is 1. The quantitative estimate of drug-likeness (QED) is 0.861. The molecule has 1 aromatic carbocycles. The Morgan fingerprint density at radius 2 is 1.80 bits per heavy atom. The van der Waals surface area contributed by atoms with Crippen LogP contribution in [0.25, 0.3) is 0 Å². The van der Waals surface area contributed by atoms with Crippen LogP contribution in [0.15, 0.2) is 47.1 Å². The highest BCUT2D eigenvalue weighted by atomic mass is 79.9. The summed E-state index contributed by atoms with van der Waals surface area (Å²) in [6, 6.07) is 13.4. The van der Waals surface area contributed by atoms with E-state index in [-0.39, 0.29) is 5.91 Å². The molecule has 0 bridgehead atoms. The smallest absolute Gasteiger partial charge is 0.234 e. The monoisotopic (exact) mass is 332 g/mol. The van der Waals surface area contributed by atoms with Crippen LogP contribution in [0, 0.1) is 6.92 Å². The van der Waals surface area contributed by atoms with Crippen LogP contribution in [0.3, 0.4) is 0 Å². The van der Waals surface area contributed by atoms with Crippen molar-refractivity contribution < 1.29 is 4.79 Å². The maximum atomic E-state index is 12.5. The van der Waals surface area contributed by atoms with Gasteiger partial charge in [-0.2, -0.15) is 0 Å². The molecule has 0 aliphatic rings. The molecule has 4 heteroatoms. The molecule has 0 unspecified atom stereocenters. The first-order valence-electron chi connectivity index (χ1n) is 6.41. The highest BCUT2D eigenvalue weighted by Gasteiger charge is 2.29. The van der Waals surface area contributed by atoms with E-state index in [0.29, 0.717) is 0 Å². The molecule has 0 aliphatic carbocycles. The topological polar surface area (TPSA) is 42.0 Å². The predicted molar refractivity (Wildman–Crippen MR) is 84.8 cm³/mol. The van der Waals surface area contributed by atoms with Gasteiger partial charge in [0.2, 0.25) is 5.91 Å². The fourth-order valence-electron chi connectivity index (χ4n) is 1.93. The van der Waals surface area contributed by atoms with E-state index < -0.39 is 5.41 Å². The van der Waals surface area contributed by atoms with Gasteiger partial charge in [-0.3, -0.25) is 4.79 Å². The average Bonchev–Trinajstić information content (AvgIpc) is 2.42. The molecule has 2 rings (SSSR count). The van der Waals surface area contributed by atoms with Crippen molar-refractivity contribution >= 4 is 27.5 Å². The third-order valence-electron chi connectivity index (χ3n) is 3.36. The van der Waals surface area contributed by atoms with Gasteiger partial charge >= 0.3 is 0 Å². The Bertz CT molecular complexity index is 624. The van der Waals surface area contributed by atoms with E-state index >= 15 is 0 Å². The summed E-state index contributed by atoms with van der Waals surface area (Å²) in [5, 5.41) is 2.95. The normalized spacial score (nSPS) is 11.2. The summed E-state index contributed by atoms with van der Waals surface area (Å²) in [7, 11) is 0. The number of aryl methyl sites for hydroxylation is 1. The highest BCUT2D eigenvalue weighted by Crippen LogP contribution is 2.26. The lowest BCUT2D eigenvalue weighted by atomic mass is 9.83. The summed E-state index contributed by atoms with van der Waals surface area (Å²) in [4.78, 5) is 16.8. The lowest BCUT2D eigenvalue weighted by Gasteiger charge is -2.24. The molecule has 1 heterocycles. The Labute approximate surface area is 127 Å². The summed E-state index contributed by atoms with van der Waals surface area (Å²) < 4.78 is 0.760. The van der Waals surface area contributed by atoms with Crippen LogP contribution in [0.4, 0.5) is 5.69 Å². The number of hydrogen-bond donors (Lipinski definition) is 1. The van der Waals surface area contributed by atoms with E-state index in [1.54, 1.807) is 0 Å². The minimum atomic E-state index is -0.596. The minimum absolute atomic E-state index is 0.0454. The Kier molecular flexibility index (Phi) is 4.23. The van der Waals surface area contributed by atoms with Crippen molar-refractivity contribution in [3.05, 3.63) is 58.3 Å². The van der Waals surface area contributed by atoms with E-state index in [2.05, 4.69) is 26.2 Å². The molecule has 1 aromatic heterocycles. The lowest BCUT2D eigenvalue weighted by Crippen LogP contribution is -2.34. The number of hydrogen-bond acceptors (Lipinski definition) is 2. The van der Waals surface area contributed by atoms with Crippen molar-refractivity contribution in [1.29, 1.82) is 0 Å². The van der Waals surface area contributed by atoms with Gasteiger partial charge in [-0.05, 0) is 54.4 Å². The lowest BCUT2D eigenvalue weighted by molar-refractivity contribution is -0.120. The van der Waals surface area contributed by atoms with Gasteiger partial charge in [-0.25, -0.2) is 4.98 Å². The zero-order valence-corrected chi connectivity index (χ0v) is 13.4. The molecule has 3 nitrogen and oxygen atoms in total. The van der Waals surface area contributed by atoms with Gasteiger partial charge in [0.25, 0.3) is 0 Å². The minimum Gasteiger partial charge on any atom is -0.324 e. The summed E-state index contributed by atoms with van der Waals surface area (Å²) in [6.07, 6.45) is 0. The Balaban J connectivity index is 2.23. The standard InChI is InChI=1S/C16H17BrN2O/c1-11-13(9-10-14(17)18-11)19-15(20)16(2,3)12-7-5-4-6-8-12/h4-10H,1-3H3,(H,19,20). The third kappa shape index (κ3) is 3.07. The van der Waals surface area contributed by atoms with E-state index in [0.717, 1.165) is 21.5 Å². The number of rotatable bonds is 3. The fourth-order valence-corrected chi connectivity index (χ4v) is 2.33. The number of pyridine rings is 1. The van der Waals surface area contributed by atoms with Gasteiger partial charge in [0.05, 0.1) is 16.8 Å². The summed E-state index contributed by atoms with van der Waals surface area (Å²) >= 11 is 3.31. The average molecular weight is 333 g/mol. The van der Waals surface area contributed by atoms with Gasteiger partial charge in [0.1, 0.15) is 4.60 Å². The molecule has 1 N–H and O–H groups in total. The predicted octanol–water partition coefficient (Wildman–Crippen LogP) is 4.07. The number of amides is 1. The molecule has 0 fully saturated rings. The fraction of sp³-hybridized carbons (Fsp3) is 0.250. The van der Waals surface area contributed by atoms with Crippen LogP contribution in [0.5, 0.6) is 0 Å². The maximum absolute atomic E-state index is 12.5. The summed E-state index contributed by atoms with van der Waals surface area (Å²) in [5.74, 6) is -0.0454. The zero-order valence-electron chi connectivity index (χ0n) is 11.8. The third-order valence-corrected chi connectivity index (χ3v) is 3.80. The highest BCUT2D eigenvalue weighted by molar-refractivity contribution is 9.10. The first-order valence-corrected chi connectivity index (χ1v) is 7.20. The van der Waals surface area contributed by atoms with Crippen molar-refractivity contribution in [2.75, 3.05) is 5.32 Å². The van der Waals surface area contributed by atoms with Crippen molar-refractivity contribution in [2.45, 2.75) is 26.2 Å². The summed E-state index contributed by atoms with van der Waals surface area (Å²) in [5.41, 5.74) is 1.92. The molecule has 2 aromatic rings.